The first kappa shape index (κ1) is 24.9. The van der Waals surface area contributed by atoms with E-state index in [9.17, 15) is 9.59 Å². The van der Waals surface area contributed by atoms with Crippen molar-refractivity contribution >= 4 is 53.7 Å². The largest absolute Gasteiger partial charge is 0.412 e. The van der Waals surface area contributed by atoms with Crippen molar-refractivity contribution in [1.82, 2.24) is 9.80 Å². The van der Waals surface area contributed by atoms with Gasteiger partial charge in [0.25, 0.3) is 5.91 Å². The van der Waals surface area contributed by atoms with Gasteiger partial charge in [-0.25, -0.2) is 0 Å². The number of nitrogens with zero attached hydrogens (tertiary/aromatic N) is 3. The van der Waals surface area contributed by atoms with Gasteiger partial charge in [-0.05, 0) is 31.3 Å². The highest BCUT2D eigenvalue weighted by molar-refractivity contribution is 6.17. The molecule has 1 fully saturated rings. The number of amides is 2. The van der Waals surface area contributed by atoms with E-state index in [0.29, 0.717) is 29.2 Å². The van der Waals surface area contributed by atoms with E-state index in [2.05, 4.69) is 22.2 Å². The van der Waals surface area contributed by atoms with Crippen molar-refractivity contribution in [2.45, 2.75) is 0 Å². The van der Waals surface area contributed by atoms with Crippen LogP contribution in [-0.4, -0.2) is 66.9 Å². The summed E-state index contributed by atoms with van der Waals surface area (Å²) in [5, 5.41) is 2.92. The Bertz CT molecular complexity index is 857. The van der Waals surface area contributed by atoms with Gasteiger partial charge < -0.3 is 15.7 Å². The zero-order valence-electron chi connectivity index (χ0n) is 16.1. The van der Waals surface area contributed by atoms with Crippen LogP contribution in [0.2, 0.25) is 0 Å². The molecule has 0 aliphatic carbocycles. The third-order valence-corrected chi connectivity index (χ3v) is 4.99. The summed E-state index contributed by atoms with van der Waals surface area (Å²) < 4.78 is 0. The van der Waals surface area contributed by atoms with E-state index in [-0.39, 0.29) is 42.1 Å². The van der Waals surface area contributed by atoms with Crippen LogP contribution >= 0.6 is 24.8 Å². The standard InChI is InChI=1S/C20H22N4O2.2ClH.H2O/c1-22-10-12-23(13-11-22)14-19(25)24-17-8-4-2-6-15(17)20(26)21-16-7-3-5-9-18(16)24;;;/h2-9H,10-14H2,1H3,(H,21,26);2*1H;1H2. The number of nitrogens with one attached hydrogen (secondary N) is 1. The molecule has 0 radical (unpaired) electrons. The summed E-state index contributed by atoms with van der Waals surface area (Å²) in [6, 6.07) is 14.7. The number of anilines is 3. The molecule has 158 valence electrons. The molecule has 29 heavy (non-hydrogen) atoms. The number of carbonyl (C=O) groups is 2. The van der Waals surface area contributed by atoms with Crippen LogP contribution in [0, 0.1) is 0 Å². The predicted molar refractivity (Wildman–Crippen MR) is 120 cm³/mol. The fraction of sp³-hybridized carbons (Fsp3) is 0.300. The van der Waals surface area contributed by atoms with Gasteiger partial charge in [-0.15, -0.1) is 24.8 Å². The predicted octanol–water partition coefficient (Wildman–Crippen LogP) is 2.18. The Kier molecular flexibility index (Phi) is 9.07. The fourth-order valence-electron chi connectivity index (χ4n) is 3.49. The smallest absolute Gasteiger partial charge is 0.257 e. The summed E-state index contributed by atoms with van der Waals surface area (Å²) in [5.74, 6) is -0.214. The highest BCUT2D eigenvalue weighted by Crippen LogP contribution is 2.37. The monoisotopic (exact) mass is 440 g/mol. The minimum atomic E-state index is -0.192. The van der Waals surface area contributed by atoms with Crippen molar-refractivity contribution in [2.75, 3.05) is 50.0 Å². The summed E-state index contributed by atoms with van der Waals surface area (Å²) in [5.41, 5.74) is 2.51. The molecule has 7 nitrogen and oxygen atoms in total. The molecule has 9 heteroatoms. The average Bonchev–Trinajstić information content (AvgIpc) is 2.77. The fourth-order valence-corrected chi connectivity index (χ4v) is 3.49. The van der Waals surface area contributed by atoms with Crippen LogP contribution in [0.3, 0.4) is 0 Å². The Morgan fingerprint density at radius 3 is 2.21 bits per heavy atom. The molecule has 0 atom stereocenters. The van der Waals surface area contributed by atoms with Crippen LogP contribution in [0.15, 0.2) is 48.5 Å². The van der Waals surface area contributed by atoms with E-state index >= 15 is 0 Å². The summed E-state index contributed by atoms with van der Waals surface area (Å²) in [6.45, 7) is 4.00. The van der Waals surface area contributed by atoms with Crippen molar-refractivity contribution in [1.29, 1.82) is 0 Å². The quantitative estimate of drug-likeness (QED) is 0.774. The van der Waals surface area contributed by atoms with Crippen molar-refractivity contribution in [2.24, 2.45) is 0 Å². The summed E-state index contributed by atoms with van der Waals surface area (Å²) in [4.78, 5) is 32.0. The summed E-state index contributed by atoms with van der Waals surface area (Å²) in [7, 11) is 2.09. The first-order valence-corrected chi connectivity index (χ1v) is 8.87. The van der Waals surface area contributed by atoms with Crippen LogP contribution in [0.25, 0.3) is 0 Å². The number of hydrogen-bond acceptors (Lipinski definition) is 4. The van der Waals surface area contributed by atoms with E-state index in [1.807, 2.05) is 42.5 Å². The number of piperazine rings is 1. The number of para-hydroxylation sites is 3. The molecule has 2 aliphatic rings. The van der Waals surface area contributed by atoms with Gasteiger partial charge in [-0.1, -0.05) is 24.3 Å². The summed E-state index contributed by atoms with van der Waals surface area (Å²) in [6.07, 6.45) is 0. The number of rotatable bonds is 2. The number of benzene rings is 2. The molecule has 1 saturated heterocycles. The third kappa shape index (κ3) is 5.07. The molecule has 2 amide bonds. The second-order valence-electron chi connectivity index (χ2n) is 6.80. The Labute approximate surface area is 182 Å². The van der Waals surface area contributed by atoms with Crippen molar-refractivity contribution < 1.29 is 15.1 Å². The Morgan fingerprint density at radius 1 is 0.931 bits per heavy atom. The number of fused-ring (bicyclic) bond motifs is 2. The molecule has 0 unspecified atom stereocenters. The van der Waals surface area contributed by atoms with Crippen molar-refractivity contribution in [3.8, 4) is 0 Å². The Balaban J connectivity index is 0.00000140. The zero-order valence-corrected chi connectivity index (χ0v) is 17.8. The number of halogens is 2. The van der Waals surface area contributed by atoms with Gasteiger partial charge in [0.1, 0.15) is 0 Å². The van der Waals surface area contributed by atoms with Crippen LogP contribution in [0.5, 0.6) is 0 Å². The van der Waals surface area contributed by atoms with Crippen LogP contribution in [0.4, 0.5) is 17.1 Å². The second-order valence-corrected chi connectivity index (χ2v) is 6.80. The van der Waals surface area contributed by atoms with E-state index < -0.39 is 0 Å². The first-order valence-electron chi connectivity index (χ1n) is 8.87. The molecular weight excluding hydrogens is 415 g/mol. The lowest BCUT2D eigenvalue weighted by Gasteiger charge is -2.33. The lowest BCUT2D eigenvalue weighted by molar-refractivity contribution is -0.119. The minimum Gasteiger partial charge on any atom is -0.412 e. The Hall–Kier alpha value is -2.16. The lowest BCUT2D eigenvalue weighted by atomic mass is 10.1. The van der Waals surface area contributed by atoms with E-state index in [1.165, 1.54) is 0 Å². The molecular formula is C20H26Cl2N4O3. The molecule has 4 rings (SSSR count). The topological polar surface area (TPSA) is 87.4 Å². The van der Waals surface area contributed by atoms with Gasteiger partial charge in [-0.2, -0.15) is 0 Å². The van der Waals surface area contributed by atoms with Gasteiger partial charge in [0.05, 0.1) is 29.2 Å². The van der Waals surface area contributed by atoms with Gasteiger partial charge >= 0.3 is 0 Å². The van der Waals surface area contributed by atoms with Crippen molar-refractivity contribution in [3.05, 3.63) is 54.1 Å². The van der Waals surface area contributed by atoms with Crippen LogP contribution < -0.4 is 10.2 Å². The molecule has 2 heterocycles. The normalized spacial score (nSPS) is 16.0. The molecule has 2 aromatic rings. The van der Waals surface area contributed by atoms with Crippen molar-refractivity contribution in [3.63, 3.8) is 0 Å². The first-order chi connectivity index (χ1) is 12.6. The van der Waals surface area contributed by atoms with E-state index in [0.717, 1.165) is 26.2 Å². The lowest BCUT2D eigenvalue weighted by Crippen LogP contribution is -2.48. The van der Waals surface area contributed by atoms with E-state index in [4.69, 9.17) is 0 Å². The Morgan fingerprint density at radius 2 is 1.52 bits per heavy atom. The maximum absolute atomic E-state index is 13.3. The van der Waals surface area contributed by atoms with Gasteiger partial charge in [-0.3, -0.25) is 19.4 Å². The van der Waals surface area contributed by atoms with Gasteiger partial charge in [0.2, 0.25) is 5.91 Å². The molecule has 0 aromatic heterocycles. The highest BCUT2D eigenvalue weighted by Gasteiger charge is 2.30. The SMILES string of the molecule is CN1CCN(CC(=O)N2c3ccccc3NC(=O)c3ccccc32)CC1.Cl.Cl.O. The third-order valence-electron chi connectivity index (χ3n) is 4.99. The molecule has 0 spiro atoms. The maximum Gasteiger partial charge on any atom is 0.257 e. The molecule has 0 bridgehead atoms. The van der Waals surface area contributed by atoms with Crippen LogP contribution in [-0.2, 0) is 4.79 Å². The van der Waals surface area contributed by atoms with E-state index in [1.54, 1.807) is 11.0 Å². The zero-order chi connectivity index (χ0) is 18.1. The minimum absolute atomic E-state index is 0. The molecule has 2 aliphatic heterocycles. The molecule has 0 saturated carbocycles. The number of hydrogen-bond donors (Lipinski definition) is 1. The van der Waals surface area contributed by atoms with Gasteiger partial charge in [0, 0.05) is 26.2 Å². The second kappa shape index (κ2) is 10.6. The summed E-state index contributed by atoms with van der Waals surface area (Å²) >= 11 is 0. The molecule has 2 aromatic carbocycles. The highest BCUT2D eigenvalue weighted by atomic mass is 35.5. The number of carbonyl (C=O) groups excluding carboxylic acids is 2. The number of likely N-dealkylation sites (N-methyl/N-ethyl adjacent to an activating group) is 1. The molecule has 3 N–H and O–H groups in total. The average molecular weight is 441 g/mol. The maximum atomic E-state index is 13.3. The van der Waals surface area contributed by atoms with Crippen LogP contribution in [0.1, 0.15) is 10.4 Å². The van der Waals surface area contributed by atoms with Gasteiger partial charge in [0.15, 0.2) is 0 Å².